The number of hydrogen-bond acceptors (Lipinski definition) is 4. The van der Waals surface area contributed by atoms with Crippen molar-refractivity contribution in [3.63, 3.8) is 0 Å². The van der Waals surface area contributed by atoms with Crippen LogP contribution in [0.15, 0.2) is 6.20 Å². The van der Waals surface area contributed by atoms with E-state index in [2.05, 4.69) is 17.2 Å². The zero-order chi connectivity index (χ0) is 9.68. The fourth-order valence-electron chi connectivity index (χ4n) is 1.13. The summed E-state index contributed by atoms with van der Waals surface area (Å²) in [5.41, 5.74) is 0. The maximum Gasteiger partial charge on any atom is 0.0979 e. The Morgan fingerprint density at radius 2 is 2.46 bits per heavy atom. The van der Waals surface area contributed by atoms with Gasteiger partial charge in [-0.3, -0.25) is 0 Å². The highest BCUT2D eigenvalue weighted by atomic mass is 32.1. The quantitative estimate of drug-likeness (QED) is 0.784. The zero-order valence-electron chi connectivity index (χ0n) is 8.33. The Labute approximate surface area is 83.1 Å². The van der Waals surface area contributed by atoms with Gasteiger partial charge in [0.2, 0.25) is 0 Å². The second-order valence-corrected chi connectivity index (χ2v) is 4.20. The molecule has 0 aliphatic heterocycles. The predicted molar refractivity (Wildman–Crippen MR) is 55.2 cm³/mol. The molecule has 0 spiro atoms. The molecule has 1 unspecified atom stereocenters. The molecule has 1 aromatic heterocycles. The summed E-state index contributed by atoms with van der Waals surface area (Å²) in [4.78, 5) is 5.63. The van der Waals surface area contributed by atoms with Crippen LogP contribution in [-0.2, 0) is 11.3 Å². The normalized spacial score (nSPS) is 13.2. The zero-order valence-corrected chi connectivity index (χ0v) is 9.15. The number of methoxy groups -OCH3 is 1. The Kier molecular flexibility index (Phi) is 4.35. The van der Waals surface area contributed by atoms with Crippen molar-refractivity contribution < 1.29 is 4.74 Å². The summed E-state index contributed by atoms with van der Waals surface area (Å²) in [5, 5.41) is 4.27. The lowest BCUT2D eigenvalue weighted by atomic mass is 10.2. The monoisotopic (exact) mass is 200 g/mol. The minimum absolute atomic E-state index is 0.403. The van der Waals surface area contributed by atoms with Crippen LogP contribution >= 0.6 is 11.3 Å². The van der Waals surface area contributed by atoms with Crippen molar-refractivity contribution in [3.05, 3.63) is 16.1 Å². The van der Waals surface area contributed by atoms with Crippen LogP contribution < -0.4 is 5.32 Å². The molecule has 0 bridgehead atoms. The molecule has 1 aromatic rings. The van der Waals surface area contributed by atoms with Crippen LogP contribution in [0.25, 0.3) is 0 Å². The third kappa shape index (κ3) is 3.06. The lowest BCUT2D eigenvalue weighted by Crippen LogP contribution is -2.02. The van der Waals surface area contributed by atoms with Gasteiger partial charge in [0, 0.05) is 30.6 Å². The van der Waals surface area contributed by atoms with Crippen LogP contribution in [0.2, 0.25) is 0 Å². The van der Waals surface area contributed by atoms with Gasteiger partial charge in [-0.25, -0.2) is 4.98 Å². The fraction of sp³-hybridized carbons (Fsp3) is 0.667. The van der Waals surface area contributed by atoms with Crippen molar-refractivity contribution in [3.8, 4) is 0 Å². The van der Waals surface area contributed by atoms with Gasteiger partial charge >= 0.3 is 0 Å². The van der Waals surface area contributed by atoms with Crippen molar-refractivity contribution >= 4 is 11.3 Å². The maximum atomic E-state index is 5.08. The second-order valence-electron chi connectivity index (χ2n) is 3.05. The van der Waals surface area contributed by atoms with Gasteiger partial charge in [0.05, 0.1) is 11.6 Å². The molecular weight excluding hydrogens is 184 g/mol. The first kappa shape index (κ1) is 10.6. The largest absolute Gasteiger partial charge is 0.384 e. The first-order chi connectivity index (χ1) is 6.27. The fourth-order valence-corrected chi connectivity index (χ4v) is 2.09. The molecule has 0 aromatic carbocycles. The molecule has 1 rings (SSSR count). The molecule has 4 heteroatoms. The Bertz CT molecular complexity index is 250. The van der Waals surface area contributed by atoms with E-state index in [1.165, 1.54) is 4.88 Å². The number of nitrogens with one attached hydrogen (secondary N) is 1. The lowest BCUT2D eigenvalue weighted by molar-refractivity contribution is 0.184. The van der Waals surface area contributed by atoms with Crippen LogP contribution in [-0.4, -0.2) is 25.7 Å². The van der Waals surface area contributed by atoms with Crippen molar-refractivity contribution in [1.29, 1.82) is 0 Å². The average Bonchev–Trinajstić information content (AvgIpc) is 2.54. The van der Waals surface area contributed by atoms with E-state index in [0.717, 1.165) is 18.2 Å². The summed E-state index contributed by atoms with van der Waals surface area (Å²) in [5.74, 6) is 0.403. The molecule has 0 aliphatic rings. The van der Waals surface area contributed by atoms with Crippen molar-refractivity contribution in [2.75, 3.05) is 20.8 Å². The summed E-state index contributed by atoms with van der Waals surface area (Å²) in [6, 6.07) is 0. The highest BCUT2D eigenvalue weighted by Crippen LogP contribution is 2.21. The van der Waals surface area contributed by atoms with Gasteiger partial charge in [-0.2, -0.15) is 0 Å². The topological polar surface area (TPSA) is 34.2 Å². The number of rotatable bonds is 5. The van der Waals surface area contributed by atoms with Crippen molar-refractivity contribution in [2.24, 2.45) is 0 Å². The van der Waals surface area contributed by atoms with Gasteiger partial charge in [0.1, 0.15) is 0 Å². The summed E-state index contributed by atoms with van der Waals surface area (Å²) >= 11 is 1.75. The third-order valence-corrected chi connectivity index (χ3v) is 2.99. The van der Waals surface area contributed by atoms with Gasteiger partial charge in [0.15, 0.2) is 0 Å². The van der Waals surface area contributed by atoms with Crippen LogP contribution in [0.1, 0.15) is 22.7 Å². The highest BCUT2D eigenvalue weighted by Gasteiger charge is 2.09. The molecule has 0 saturated carbocycles. The minimum Gasteiger partial charge on any atom is -0.384 e. The van der Waals surface area contributed by atoms with Gasteiger partial charge in [0.25, 0.3) is 0 Å². The van der Waals surface area contributed by atoms with E-state index < -0.39 is 0 Å². The Balaban J connectivity index is 2.56. The number of hydrogen-bond donors (Lipinski definition) is 1. The van der Waals surface area contributed by atoms with E-state index in [9.17, 15) is 0 Å². The van der Waals surface area contributed by atoms with Gasteiger partial charge in [-0.15, -0.1) is 11.3 Å². The predicted octanol–water partition coefficient (Wildman–Crippen LogP) is 1.61. The molecule has 13 heavy (non-hydrogen) atoms. The molecule has 0 saturated heterocycles. The number of ether oxygens (including phenoxy) is 1. The molecule has 3 nitrogen and oxygen atoms in total. The van der Waals surface area contributed by atoms with E-state index in [1.807, 2.05) is 13.2 Å². The van der Waals surface area contributed by atoms with Crippen molar-refractivity contribution in [2.45, 2.75) is 19.4 Å². The molecule has 0 amide bonds. The third-order valence-electron chi connectivity index (χ3n) is 1.76. The highest BCUT2D eigenvalue weighted by molar-refractivity contribution is 7.11. The number of nitrogens with zero attached hydrogens (tertiary/aromatic N) is 1. The van der Waals surface area contributed by atoms with E-state index >= 15 is 0 Å². The van der Waals surface area contributed by atoms with Crippen LogP contribution in [0, 0.1) is 0 Å². The Morgan fingerprint density at radius 1 is 1.69 bits per heavy atom. The smallest absolute Gasteiger partial charge is 0.0979 e. The van der Waals surface area contributed by atoms with E-state index in [0.29, 0.717) is 5.92 Å². The molecule has 1 heterocycles. The molecule has 1 N–H and O–H groups in total. The summed E-state index contributed by atoms with van der Waals surface area (Å²) in [6.45, 7) is 3.77. The van der Waals surface area contributed by atoms with E-state index in [-0.39, 0.29) is 0 Å². The number of aromatic nitrogens is 1. The van der Waals surface area contributed by atoms with Gasteiger partial charge in [-0.1, -0.05) is 6.92 Å². The van der Waals surface area contributed by atoms with Crippen molar-refractivity contribution in [1.82, 2.24) is 10.3 Å². The SMILES string of the molecule is CNCc1cnc(C(C)COC)s1. The molecule has 74 valence electrons. The molecular formula is C9H16N2OS. The molecule has 0 fully saturated rings. The molecule has 0 aliphatic carbocycles. The van der Waals surface area contributed by atoms with Gasteiger partial charge in [-0.05, 0) is 7.05 Å². The standard InChI is InChI=1S/C9H16N2OS/c1-7(6-12-3)9-11-5-8(13-9)4-10-2/h5,7,10H,4,6H2,1-3H3. The number of thiazole rings is 1. The second kappa shape index (κ2) is 5.32. The van der Waals surface area contributed by atoms with Crippen LogP contribution in [0.4, 0.5) is 0 Å². The Hall–Kier alpha value is -0.450. The Morgan fingerprint density at radius 3 is 3.08 bits per heavy atom. The summed E-state index contributed by atoms with van der Waals surface area (Å²) in [6.07, 6.45) is 1.93. The first-order valence-corrected chi connectivity index (χ1v) is 5.17. The molecule has 1 atom stereocenters. The average molecular weight is 200 g/mol. The summed E-state index contributed by atoms with van der Waals surface area (Å²) < 4.78 is 5.08. The van der Waals surface area contributed by atoms with Crippen LogP contribution in [0.3, 0.4) is 0 Å². The first-order valence-electron chi connectivity index (χ1n) is 4.36. The maximum absolute atomic E-state index is 5.08. The van der Waals surface area contributed by atoms with E-state index in [1.54, 1.807) is 18.4 Å². The van der Waals surface area contributed by atoms with Crippen LogP contribution in [0.5, 0.6) is 0 Å². The lowest BCUT2D eigenvalue weighted by Gasteiger charge is -2.04. The van der Waals surface area contributed by atoms with E-state index in [4.69, 9.17) is 4.74 Å². The summed E-state index contributed by atoms with van der Waals surface area (Å²) in [7, 11) is 3.66. The minimum atomic E-state index is 0.403. The molecule has 0 radical (unpaired) electrons. The van der Waals surface area contributed by atoms with Gasteiger partial charge < -0.3 is 10.1 Å².